The summed E-state index contributed by atoms with van der Waals surface area (Å²) in [5, 5.41) is 25.5. The molecule has 6 rings (SSSR count). The van der Waals surface area contributed by atoms with E-state index in [1.807, 2.05) is 16.8 Å². The summed E-state index contributed by atoms with van der Waals surface area (Å²) < 4.78 is 0. The number of aliphatic hydroxyl groups excluding tert-OH is 1. The van der Waals surface area contributed by atoms with Crippen molar-refractivity contribution in [1.82, 2.24) is 0 Å². The highest BCUT2D eigenvalue weighted by Crippen LogP contribution is 2.46. The summed E-state index contributed by atoms with van der Waals surface area (Å²) in [7, 11) is -1.68. The Labute approximate surface area is 191 Å². The molecule has 0 aromatic carbocycles. The number of hydrogen-bond acceptors (Lipinski definition) is 7. The van der Waals surface area contributed by atoms with Crippen LogP contribution in [-0.2, 0) is 0 Å². The molecule has 3 nitrogen and oxygen atoms in total. The number of carbonyl (C=O) groups excluding carboxylic acids is 1. The maximum Gasteiger partial charge on any atom is 0.193 e. The molecule has 1 N–H and O–H groups in total. The maximum absolute atomic E-state index is 12.7. The summed E-state index contributed by atoms with van der Waals surface area (Å²) >= 11 is 6.72. The highest BCUT2D eigenvalue weighted by atomic mass is 32.1. The lowest BCUT2D eigenvalue weighted by molar-refractivity contribution is 0.102. The number of thiophene rings is 4. The lowest BCUT2D eigenvalue weighted by atomic mass is 10.1. The fourth-order valence-electron chi connectivity index (χ4n) is 4.33. The number of rotatable bonds is 2. The van der Waals surface area contributed by atoms with Crippen molar-refractivity contribution >= 4 is 90.7 Å². The maximum atomic E-state index is 12.7. The highest BCUT2D eigenvalue weighted by Gasteiger charge is 2.41. The Kier molecular flexibility index (Phi) is 4.16. The zero-order chi connectivity index (χ0) is 20.6. The van der Waals surface area contributed by atoms with Crippen LogP contribution < -0.4 is 15.3 Å². The number of carbonyl (C=O) groups is 1. The van der Waals surface area contributed by atoms with Crippen LogP contribution in [0.1, 0.15) is 26.9 Å². The summed E-state index contributed by atoms with van der Waals surface area (Å²) in [6.07, 6.45) is 1.04. The van der Waals surface area contributed by atoms with E-state index in [0.717, 1.165) is 15.4 Å². The molecule has 1 unspecified atom stereocenters. The second-order valence-electron chi connectivity index (χ2n) is 7.99. The zero-order valence-electron chi connectivity index (χ0n) is 16.2. The number of hydrogen-bond donors (Lipinski definition) is 1. The SMILES string of the molecule is C[Si]1(C)c2ccsc2N(c2ccc(/C=C3\C(=O)c4cscc4C3O)s2)c2sccc21. The van der Waals surface area contributed by atoms with E-state index >= 15 is 0 Å². The van der Waals surface area contributed by atoms with Gasteiger partial charge in [-0.15, -0.1) is 34.0 Å². The Morgan fingerprint density at radius 3 is 2.40 bits per heavy atom. The number of aliphatic hydroxyl groups is 1. The van der Waals surface area contributed by atoms with Gasteiger partial charge >= 0.3 is 0 Å². The monoisotopic (exact) mass is 483 g/mol. The normalized spacial score (nSPS) is 20.5. The molecule has 5 heterocycles. The van der Waals surface area contributed by atoms with Crippen molar-refractivity contribution in [3.8, 4) is 0 Å². The average Bonchev–Trinajstić information content (AvgIpc) is 3.53. The number of fused-ring (bicyclic) bond motifs is 3. The molecule has 0 amide bonds. The standard InChI is InChI=1S/C22H17NO2S4Si/c1-30(2)16-5-7-27-21(16)23(22-17(30)6-8-28-22)18-4-3-12(29-18)9-13-19(24)14-10-26-11-15(14)20(13)25/h3-11,19,24H,1-2H3/b13-9-. The molecule has 4 aromatic heterocycles. The molecular formula is C22H17NO2S4Si. The predicted octanol–water partition coefficient (Wildman–Crippen LogP) is 5.85. The lowest BCUT2D eigenvalue weighted by Gasteiger charge is -2.35. The molecule has 150 valence electrons. The number of nitrogens with zero attached hydrogens (tertiary/aromatic N) is 1. The van der Waals surface area contributed by atoms with Crippen molar-refractivity contribution in [3.05, 3.63) is 67.4 Å². The Morgan fingerprint density at radius 2 is 1.73 bits per heavy atom. The largest absolute Gasteiger partial charge is 0.383 e. The lowest BCUT2D eigenvalue weighted by Crippen LogP contribution is -2.56. The van der Waals surface area contributed by atoms with Crippen molar-refractivity contribution in [2.75, 3.05) is 4.90 Å². The summed E-state index contributed by atoms with van der Waals surface area (Å²) in [5.41, 5.74) is 1.86. The third-order valence-electron chi connectivity index (χ3n) is 5.96. The Morgan fingerprint density at radius 1 is 1.03 bits per heavy atom. The molecule has 0 saturated heterocycles. The van der Waals surface area contributed by atoms with Crippen LogP contribution >= 0.6 is 45.3 Å². The van der Waals surface area contributed by atoms with Gasteiger partial charge in [0.25, 0.3) is 0 Å². The van der Waals surface area contributed by atoms with Gasteiger partial charge in [-0.2, -0.15) is 11.3 Å². The van der Waals surface area contributed by atoms with Gasteiger partial charge in [0.1, 0.15) is 29.2 Å². The number of Topliss-reactive ketones (excluding diaryl/α,β-unsaturated/α-hetero) is 1. The van der Waals surface area contributed by atoms with Gasteiger partial charge < -0.3 is 5.11 Å². The van der Waals surface area contributed by atoms with E-state index in [9.17, 15) is 9.90 Å². The average molecular weight is 484 g/mol. The highest BCUT2D eigenvalue weighted by molar-refractivity contribution is 7.25. The molecule has 0 radical (unpaired) electrons. The first-order valence-corrected chi connectivity index (χ1v) is 16.0. The first kappa shape index (κ1) is 18.9. The predicted molar refractivity (Wildman–Crippen MR) is 133 cm³/mol. The van der Waals surface area contributed by atoms with E-state index in [1.54, 1.807) is 34.0 Å². The van der Waals surface area contributed by atoms with Gasteiger partial charge in [-0.25, -0.2) is 0 Å². The van der Waals surface area contributed by atoms with Crippen LogP contribution in [0.5, 0.6) is 0 Å². The van der Waals surface area contributed by atoms with Crippen LogP contribution in [-0.4, -0.2) is 19.0 Å². The van der Waals surface area contributed by atoms with Gasteiger partial charge in [0, 0.05) is 27.0 Å². The van der Waals surface area contributed by atoms with E-state index in [-0.39, 0.29) is 5.78 Å². The zero-order valence-corrected chi connectivity index (χ0v) is 20.5. The quantitative estimate of drug-likeness (QED) is 0.287. The molecule has 8 heteroatoms. The second kappa shape index (κ2) is 6.59. The van der Waals surface area contributed by atoms with Crippen molar-refractivity contribution < 1.29 is 9.90 Å². The fraction of sp³-hybridized carbons (Fsp3) is 0.136. The molecule has 0 saturated carbocycles. The minimum Gasteiger partial charge on any atom is -0.383 e. The molecule has 1 aliphatic heterocycles. The van der Waals surface area contributed by atoms with Crippen LogP contribution in [0.25, 0.3) is 6.08 Å². The molecule has 2 aliphatic rings. The topological polar surface area (TPSA) is 40.5 Å². The van der Waals surface area contributed by atoms with E-state index in [0.29, 0.717) is 11.1 Å². The Balaban J connectivity index is 1.42. The molecule has 4 aromatic rings. The van der Waals surface area contributed by atoms with Crippen LogP contribution in [0, 0.1) is 0 Å². The Hall–Kier alpha value is -1.81. The van der Waals surface area contributed by atoms with Gasteiger partial charge in [-0.1, -0.05) is 13.1 Å². The third kappa shape index (κ3) is 2.52. The van der Waals surface area contributed by atoms with Gasteiger partial charge in [-0.05, 0) is 56.9 Å². The first-order chi connectivity index (χ1) is 14.5. The van der Waals surface area contributed by atoms with Crippen molar-refractivity contribution in [2.24, 2.45) is 0 Å². The van der Waals surface area contributed by atoms with Crippen molar-refractivity contribution in [3.63, 3.8) is 0 Å². The van der Waals surface area contributed by atoms with E-state index in [4.69, 9.17) is 0 Å². The summed E-state index contributed by atoms with van der Waals surface area (Å²) in [6, 6.07) is 8.77. The number of ketones is 1. The molecule has 1 aliphatic carbocycles. The molecule has 0 bridgehead atoms. The molecule has 0 spiro atoms. The third-order valence-corrected chi connectivity index (χ3v) is 13.4. The van der Waals surface area contributed by atoms with Crippen LogP contribution in [0.2, 0.25) is 13.1 Å². The van der Waals surface area contributed by atoms with Gasteiger partial charge in [0.05, 0.1) is 0 Å². The molecule has 30 heavy (non-hydrogen) atoms. The molecule has 0 fully saturated rings. The van der Waals surface area contributed by atoms with Crippen LogP contribution in [0.15, 0.2) is 51.4 Å². The minimum absolute atomic E-state index is 0.0551. The van der Waals surface area contributed by atoms with E-state index < -0.39 is 14.2 Å². The first-order valence-electron chi connectivity index (χ1n) is 9.53. The fourth-order valence-corrected chi connectivity index (χ4v) is 12.7. The van der Waals surface area contributed by atoms with E-state index in [1.165, 1.54) is 31.7 Å². The minimum atomic E-state index is -1.68. The van der Waals surface area contributed by atoms with Crippen molar-refractivity contribution in [2.45, 2.75) is 19.2 Å². The summed E-state index contributed by atoms with van der Waals surface area (Å²) in [6.45, 7) is 4.86. The molecule has 1 atom stereocenters. The second-order valence-corrected chi connectivity index (χ2v) is 15.9. The molecular weight excluding hydrogens is 467 g/mol. The van der Waals surface area contributed by atoms with Gasteiger partial charge in [0.2, 0.25) is 0 Å². The van der Waals surface area contributed by atoms with Gasteiger partial charge in [0.15, 0.2) is 5.78 Å². The summed E-state index contributed by atoms with van der Waals surface area (Å²) in [4.78, 5) is 16.1. The van der Waals surface area contributed by atoms with Crippen LogP contribution in [0.4, 0.5) is 15.0 Å². The smallest absolute Gasteiger partial charge is 0.193 e. The van der Waals surface area contributed by atoms with Crippen LogP contribution in [0.3, 0.4) is 0 Å². The van der Waals surface area contributed by atoms with Gasteiger partial charge in [-0.3, -0.25) is 9.69 Å². The van der Waals surface area contributed by atoms with Crippen molar-refractivity contribution in [1.29, 1.82) is 0 Å². The van der Waals surface area contributed by atoms with E-state index in [2.05, 4.69) is 53.0 Å². The Bertz CT molecular complexity index is 1290. The number of anilines is 3. The summed E-state index contributed by atoms with van der Waals surface area (Å²) in [5.74, 6) is -0.0551.